The van der Waals surface area contributed by atoms with E-state index >= 15 is 0 Å². The van der Waals surface area contributed by atoms with Crippen LogP contribution in [0.5, 0.6) is 5.75 Å². The summed E-state index contributed by atoms with van der Waals surface area (Å²) in [5.41, 5.74) is 3.36. The Bertz CT molecular complexity index is 898. The quantitative estimate of drug-likeness (QED) is 0.315. The lowest BCUT2D eigenvalue weighted by molar-refractivity contribution is -0.128. The van der Waals surface area contributed by atoms with E-state index in [4.69, 9.17) is 9.47 Å². The van der Waals surface area contributed by atoms with Gasteiger partial charge in [0.2, 0.25) is 6.29 Å². The summed E-state index contributed by atoms with van der Waals surface area (Å²) in [6.07, 6.45) is 0.762. The number of hydrogen-bond acceptors (Lipinski definition) is 2. The van der Waals surface area contributed by atoms with Gasteiger partial charge in [-0.2, -0.15) is 0 Å². The molecule has 0 aromatic heterocycles. The zero-order valence-electron chi connectivity index (χ0n) is 19.5. The number of ether oxygens (including phenoxy) is 2. The van der Waals surface area contributed by atoms with Gasteiger partial charge in [-0.25, -0.2) is 0 Å². The molecule has 0 N–H and O–H groups in total. The lowest BCUT2D eigenvalue weighted by Crippen LogP contribution is -2.40. The lowest BCUT2D eigenvalue weighted by Gasteiger charge is -2.34. The van der Waals surface area contributed by atoms with Crippen molar-refractivity contribution >= 4 is 0 Å². The second-order valence-electron chi connectivity index (χ2n) is 9.43. The first-order valence-electron chi connectivity index (χ1n) is 11.3. The van der Waals surface area contributed by atoms with Crippen LogP contribution in [0.3, 0.4) is 0 Å². The summed E-state index contributed by atoms with van der Waals surface area (Å²) in [6.45, 7) is 11.7. The molecule has 164 valence electrons. The zero-order valence-corrected chi connectivity index (χ0v) is 19.5. The first-order chi connectivity index (χ1) is 14.9. The van der Waals surface area contributed by atoms with Gasteiger partial charge in [-0.3, -0.25) is 0 Å². The fourth-order valence-corrected chi connectivity index (χ4v) is 3.98. The van der Waals surface area contributed by atoms with E-state index in [2.05, 4.69) is 95.3 Å². The standard InChI is InChI=1S/C29H36O2/c1-22(2)20-23(3)25-16-18-27(19-17-25)31-28(30-21-24-12-8-6-9-13-24)29(4,5)26-14-10-7-11-15-26/h6-19,22-23,28H,20-21H2,1-5H3. The summed E-state index contributed by atoms with van der Waals surface area (Å²) in [6, 6.07) is 29.2. The van der Waals surface area contributed by atoms with Gasteiger partial charge in [0, 0.05) is 0 Å². The molecule has 3 rings (SSSR count). The summed E-state index contributed by atoms with van der Waals surface area (Å²) >= 11 is 0. The second kappa shape index (κ2) is 10.6. The smallest absolute Gasteiger partial charge is 0.209 e. The monoisotopic (exact) mass is 416 g/mol. The molecule has 3 aromatic carbocycles. The van der Waals surface area contributed by atoms with Crippen molar-refractivity contribution in [2.45, 2.75) is 65.3 Å². The van der Waals surface area contributed by atoms with E-state index in [9.17, 15) is 0 Å². The Kier molecular flexibility index (Phi) is 7.92. The second-order valence-corrected chi connectivity index (χ2v) is 9.43. The van der Waals surface area contributed by atoms with E-state index in [1.165, 1.54) is 17.5 Å². The van der Waals surface area contributed by atoms with E-state index in [-0.39, 0.29) is 5.41 Å². The molecule has 0 aliphatic rings. The highest BCUT2D eigenvalue weighted by Crippen LogP contribution is 2.32. The SMILES string of the molecule is CC(C)CC(C)c1ccc(OC(OCc2ccccc2)C(C)(C)c2ccccc2)cc1. The molecule has 0 saturated carbocycles. The minimum absolute atomic E-state index is 0.320. The summed E-state index contributed by atoms with van der Waals surface area (Å²) in [5.74, 6) is 2.07. The Morgan fingerprint density at radius 3 is 1.90 bits per heavy atom. The Morgan fingerprint density at radius 1 is 0.742 bits per heavy atom. The van der Waals surface area contributed by atoms with Crippen LogP contribution in [0.1, 0.15) is 63.6 Å². The van der Waals surface area contributed by atoms with Crippen molar-refractivity contribution < 1.29 is 9.47 Å². The highest BCUT2D eigenvalue weighted by atomic mass is 16.7. The van der Waals surface area contributed by atoms with Gasteiger partial charge in [-0.1, -0.05) is 93.6 Å². The van der Waals surface area contributed by atoms with Crippen LogP contribution in [0.25, 0.3) is 0 Å². The molecule has 31 heavy (non-hydrogen) atoms. The predicted molar refractivity (Wildman–Crippen MR) is 129 cm³/mol. The van der Waals surface area contributed by atoms with Gasteiger partial charge >= 0.3 is 0 Å². The van der Waals surface area contributed by atoms with Crippen LogP contribution in [0, 0.1) is 5.92 Å². The molecule has 0 bridgehead atoms. The molecule has 0 fully saturated rings. The highest BCUT2D eigenvalue weighted by molar-refractivity contribution is 5.31. The fraction of sp³-hybridized carbons (Fsp3) is 0.379. The molecular formula is C29H36O2. The number of hydrogen-bond donors (Lipinski definition) is 0. The molecule has 0 aliphatic heterocycles. The topological polar surface area (TPSA) is 18.5 Å². The Morgan fingerprint density at radius 2 is 1.32 bits per heavy atom. The third kappa shape index (κ3) is 6.45. The zero-order chi connectivity index (χ0) is 22.3. The minimum atomic E-state index is -0.422. The summed E-state index contributed by atoms with van der Waals surface area (Å²) < 4.78 is 12.8. The van der Waals surface area contributed by atoms with Crippen molar-refractivity contribution in [3.05, 3.63) is 102 Å². The van der Waals surface area contributed by atoms with Crippen molar-refractivity contribution in [1.29, 1.82) is 0 Å². The van der Waals surface area contributed by atoms with Gasteiger partial charge in [0.1, 0.15) is 5.75 Å². The van der Waals surface area contributed by atoms with Gasteiger partial charge in [-0.05, 0) is 60.9 Å². The van der Waals surface area contributed by atoms with E-state index in [0.29, 0.717) is 18.4 Å². The largest absolute Gasteiger partial charge is 0.464 e. The van der Waals surface area contributed by atoms with Crippen molar-refractivity contribution in [1.82, 2.24) is 0 Å². The Balaban J connectivity index is 1.79. The molecule has 3 aromatic rings. The van der Waals surface area contributed by atoms with Crippen LogP contribution >= 0.6 is 0 Å². The van der Waals surface area contributed by atoms with E-state index < -0.39 is 6.29 Å². The molecule has 2 heteroatoms. The van der Waals surface area contributed by atoms with Crippen LogP contribution in [0.2, 0.25) is 0 Å². The van der Waals surface area contributed by atoms with Gasteiger partial charge in [0.05, 0.1) is 12.0 Å². The minimum Gasteiger partial charge on any atom is -0.464 e. The van der Waals surface area contributed by atoms with Gasteiger partial charge in [0.15, 0.2) is 0 Å². The molecular weight excluding hydrogens is 380 g/mol. The molecule has 0 aliphatic carbocycles. The highest BCUT2D eigenvalue weighted by Gasteiger charge is 2.34. The first kappa shape index (κ1) is 23.1. The van der Waals surface area contributed by atoms with Crippen LogP contribution in [0.15, 0.2) is 84.9 Å². The third-order valence-corrected chi connectivity index (χ3v) is 5.87. The summed E-state index contributed by atoms with van der Waals surface area (Å²) in [7, 11) is 0. The fourth-order valence-electron chi connectivity index (χ4n) is 3.98. The lowest BCUT2D eigenvalue weighted by atomic mass is 9.84. The average molecular weight is 417 g/mol. The van der Waals surface area contributed by atoms with Crippen molar-refractivity contribution in [3.63, 3.8) is 0 Å². The van der Waals surface area contributed by atoms with E-state index in [1.807, 2.05) is 24.3 Å². The van der Waals surface area contributed by atoms with E-state index in [1.54, 1.807) is 0 Å². The van der Waals surface area contributed by atoms with Gasteiger partial charge < -0.3 is 9.47 Å². The van der Waals surface area contributed by atoms with Crippen molar-refractivity contribution in [2.24, 2.45) is 5.92 Å². The molecule has 0 saturated heterocycles. The van der Waals surface area contributed by atoms with Gasteiger partial charge in [-0.15, -0.1) is 0 Å². The molecule has 0 radical (unpaired) electrons. The summed E-state index contributed by atoms with van der Waals surface area (Å²) in [5, 5.41) is 0. The normalized spacial score (nSPS) is 13.7. The molecule has 0 heterocycles. The maximum Gasteiger partial charge on any atom is 0.209 e. The molecule has 2 unspecified atom stereocenters. The molecule has 2 nitrogen and oxygen atoms in total. The van der Waals surface area contributed by atoms with Crippen LogP contribution < -0.4 is 4.74 Å². The predicted octanol–water partition coefficient (Wildman–Crippen LogP) is 7.74. The number of rotatable bonds is 10. The van der Waals surface area contributed by atoms with Crippen LogP contribution in [0.4, 0.5) is 0 Å². The van der Waals surface area contributed by atoms with Crippen LogP contribution in [-0.2, 0) is 16.8 Å². The third-order valence-electron chi connectivity index (χ3n) is 5.87. The maximum atomic E-state index is 6.45. The Labute approximate surface area is 188 Å². The van der Waals surface area contributed by atoms with Gasteiger partial charge in [0.25, 0.3) is 0 Å². The number of benzene rings is 3. The maximum absolute atomic E-state index is 6.45. The summed E-state index contributed by atoms with van der Waals surface area (Å²) in [4.78, 5) is 0. The van der Waals surface area contributed by atoms with Crippen molar-refractivity contribution in [3.8, 4) is 5.75 Å². The van der Waals surface area contributed by atoms with E-state index in [0.717, 1.165) is 11.3 Å². The average Bonchev–Trinajstić information content (AvgIpc) is 2.77. The van der Waals surface area contributed by atoms with Crippen LogP contribution in [-0.4, -0.2) is 6.29 Å². The Hall–Kier alpha value is -2.58. The van der Waals surface area contributed by atoms with Crippen molar-refractivity contribution in [2.75, 3.05) is 0 Å². The molecule has 0 spiro atoms. The first-order valence-corrected chi connectivity index (χ1v) is 11.3. The molecule has 2 atom stereocenters. The molecule has 0 amide bonds.